The molecule has 136 valence electrons. The lowest BCUT2D eigenvalue weighted by Crippen LogP contribution is -2.57. The van der Waals surface area contributed by atoms with Crippen molar-refractivity contribution in [2.75, 3.05) is 13.2 Å². The number of ether oxygens (including phenoxy) is 1. The van der Waals surface area contributed by atoms with E-state index in [-0.39, 0.29) is 18.3 Å². The van der Waals surface area contributed by atoms with Crippen LogP contribution in [0.5, 0.6) is 0 Å². The number of halogens is 2. The first kappa shape index (κ1) is 19.8. The monoisotopic (exact) mass is 430 g/mol. The van der Waals surface area contributed by atoms with E-state index < -0.39 is 11.6 Å². The van der Waals surface area contributed by atoms with Crippen molar-refractivity contribution < 1.29 is 14.1 Å². The fourth-order valence-electron chi connectivity index (χ4n) is 2.49. The topological polar surface area (TPSA) is 103 Å². The highest BCUT2D eigenvalue weighted by atomic mass is 79.9. The highest BCUT2D eigenvalue weighted by Crippen LogP contribution is 2.22. The summed E-state index contributed by atoms with van der Waals surface area (Å²) in [5.41, 5.74) is 6.11. The average Bonchev–Trinajstić information content (AvgIpc) is 3.06. The van der Waals surface area contributed by atoms with Crippen molar-refractivity contribution in [2.24, 2.45) is 5.73 Å². The van der Waals surface area contributed by atoms with Gasteiger partial charge in [0.2, 0.25) is 17.6 Å². The van der Waals surface area contributed by atoms with Crippen LogP contribution in [-0.2, 0) is 9.53 Å². The van der Waals surface area contributed by atoms with Crippen LogP contribution in [0.1, 0.15) is 31.7 Å². The molecule has 25 heavy (non-hydrogen) atoms. The second kappa shape index (κ2) is 8.27. The first-order valence-corrected chi connectivity index (χ1v) is 8.54. The molecule has 9 heteroatoms. The fourth-order valence-corrected chi connectivity index (χ4v) is 2.76. The van der Waals surface area contributed by atoms with Gasteiger partial charge in [-0.15, -0.1) is 12.4 Å². The van der Waals surface area contributed by atoms with Crippen LogP contribution >= 0.6 is 28.3 Å². The Hall–Kier alpha value is -1.48. The van der Waals surface area contributed by atoms with E-state index in [0.717, 1.165) is 10.0 Å². The standard InChI is InChI=1S/C16H19BrN4O3.ClH/c1-10(19-15(22)16(18)6-8-23-9-7-16)14-20-13(21-24-14)11-2-4-12(17)5-3-11;/h2-5,10H,6-9,18H2,1H3,(H,19,22);1H. The van der Waals surface area contributed by atoms with Crippen molar-refractivity contribution in [1.29, 1.82) is 0 Å². The van der Waals surface area contributed by atoms with Gasteiger partial charge in [0.25, 0.3) is 0 Å². The largest absolute Gasteiger partial charge is 0.381 e. The van der Waals surface area contributed by atoms with E-state index in [1.165, 1.54) is 0 Å². The number of hydrogen-bond donors (Lipinski definition) is 2. The van der Waals surface area contributed by atoms with Gasteiger partial charge in [0, 0.05) is 23.2 Å². The van der Waals surface area contributed by atoms with Crippen LogP contribution in [0.4, 0.5) is 0 Å². The molecule has 0 bridgehead atoms. The molecule has 1 unspecified atom stereocenters. The smallest absolute Gasteiger partial charge is 0.249 e. The molecule has 2 aromatic rings. The van der Waals surface area contributed by atoms with E-state index in [2.05, 4.69) is 31.4 Å². The van der Waals surface area contributed by atoms with Gasteiger partial charge in [-0.2, -0.15) is 4.98 Å². The van der Waals surface area contributed by atoms with Crippen molar-refractivity contribution in [1.82, 2.24) is 15.5 Å². The molecule has 1 aromatic carbocycles. The summed E-state index contributed by atoms with van der Waals surface area (Å²) in [4.78, 5) is 16.8. The predicted molar refractivity (Wildman–Crippen MR) is 98.2 cm³/mol. The summed E-state index contributed by atoms with van der Waals surface area (Å²) in [7, 11) is 0. The number of aromatic nitrogens is 2. The van der Waals surface area contributed by atoms with Crippen LogP contribution in [0, 0.1) is 0 Å². The predicted octanol–water partition coefficient (Wildman–Crippen LogP) is 2.61. The molecular formula is C16H20BrClN4O3. The molecule has 1 saturated heterocycles. The van der Waals surface area contributed by atoms with Crippen molar-refractivity contribution >= 4 is 34.2 Å². The summed E-state index contributed by atoms with van der Waals surface area (Å²) in [6, 6.07) is 7.16. The van der Waals surface area contributed by atoms with Gasteiger partial charge in [-0.3, -0.25) is 4.79 Å². The Morgan fingerprint density at radius 1 is 1.32 bits per heavy atom. The minimum Gasteiger partial charge on any atom is -0.381 e. The Labute approximate surface area is 160 Å². The minimum absolute atomic E-state index is 0. The van der Waals surface area contributed by atoms with Gasteiger partial charge in [0.1, 0.15) is 6.04 Å². The Bertz CT molecular complexity index is 716. The van der Waals surface area contributed by atoms with Crippen molar-refractivity contribution in [3.8, 4) is 11.4 Å². The number of amides is 1. The van der Waals surface area contributed by atoms with E-state index in [1.807, 2.05) is 24.3 Å². The zero-order valence-electron chi connectivity index (χ0n) is 13.7. The second-order valence-electron chi connectivity index (χ2n) is 5.93. The lowest BCUT2D eigenvalue weighted by Gasteiger charge is -2.32. The molecule has 3 N–H and O–H groups in total. The Balaban J connectivity index is 0.00000225. The van der Waals surface area contributed by atoms with Gasteiger partial charge in [-0.25, -0.2) is 0 Å². The maximum absolute atomic E-state index is 12.4. The third kappa shape index (κ3) is 4.58. The lowest BCUT2D eigenvalue weighted by molar-refractivity contribution is -0.130. The fraction of sp³-hybridized carbons (Fsp3) is 0.438. The van der Waals surface area contributed by atoms with Gasteiger partial charge in [0.15, 0.2) is 0 Å². The van der Waals surface area contributed by atoms with Gasteiger partial charge in [-0.1, -0.05) is 21.1 Å². The zero-order chi connectivity index (χ0) is 17.2. The van der Waals surface area contributed by atoms with Crippen molar-refractivity contribution in [3.05, 3.63) is 34.6 Å². The summed E-state index contributed by atoms with van der Waals surface area (Å²) in [6.07, 6.45) is 0.999. The molecule has 1 amide bonds. The lowest BCUT2D eigenvalue weighted by atomic mass is 9.90. The number of nitrogens with zero attached hydrogens (tertiary/aromatic N) is 2. The number of benzene rings is 1. The molecule has 0 aliphatic carbocycles. The number of carbonyl (C=O) groups is 1. The highest BCUT2D eigenvalue weighted by molar-refractivity contribution is 9.10. The van der Waals surface area contributed by atoms with E-state index in [9.17, 15) is 4.79 Å². The van der Waals surface area contributed by atoms with Crippen LogP contribution in [0.25, 0.3) is 11.4 Å². The van der Waals surface area contributed by atoms with Gasteiger partial charge in [-0.05, 0) is 44.0 Å². The third-order valence-corrected chi connectivity index (χ3v) is 4.63. The Morgan fingerprint density at radius 3 is 2.60 bits per heavy atom. The van der Waals surface area contributed by atoms with E-state index in [4.69, 9.17) is 15.0 Å². The molecule has 7 nitrogen and oxygen atoms in total. The molecule has 1 aromatic heterocycles. The van der Waals surface area contributed by atoms with E-state index >= 15 is 0 Å². The summed E-state index contributed by atoms with van der Waals surface area (Å²) >= 11 is 3.38. The molecule has 2 heterocycles. The minimum atomic E-state index is -0.902. The molecule has 1 atom stereocenters. The highest BCUT2D eigenvalue weighted by Gasteiger charge is 2.37. The molecule has 3 rings (SSSR count). The van der Waals surface area contributed by atoms with Crippen molar-refractivity contribution in [2.45, 2.75) is 31.3 Å². The molecule has 1 fully saturated rings. The molecule has 1 aliphatic heterocycles. The summed E-state index contributed by atoms with van der Waals surface area (Å²) in [6.45, 7) is 2.78. The summed E-state index contributed by atoms with van der Waals surface area (Å²) in [5, 5.41) is 6.83. The molecule has 0 spiro atoms. The Morgan fingerprint density at radius 2 is 1.96 bits per heavy atom. The van der Waals surface area contributed by atoms with Crippen LogP contribution in [0.3, 0.4) is 0 Å². The number of hydrogen-bond acceptors (Lipinski definition) is 6. The molecule has 0 saturated carbocycles. The van der Waals surface area contributed by atoms with E-state index in [0.29, 0.717) is 37.8 Å². The first-order valence-electron chi connectivity index (χ1n) is 7.75. The van der Waals surface area contributed by atoms with Gasteiger partial charge < -0.3 is 20.3 Å². The van der Waals surface area contributed by atoms with Crippen LogP contribution in [0.15, 0.2) is 33.3 Å². The summed E-state index contributed by atoms with van der Waals surface area (Å²) in [5.74, 6) is 0.603. The SMILES string of the molecule is CC(NC(=O)C1(N)CCOCC1)c1nc(-c2ccc(Br)cc2)no1.Cl. The number of carbonyl (C=O) groups excluding carboxylic acids is 1. The van der Waals surface area contributed by atoms with Gasteiger partial charge in [0.05, 0.1) is 5.54 Å². The summed E-state index contributed by atoms with van der Waals surface area (Å²) < 4.78 is 11.5. The third-order valence-electron chi connectivity index (χ3n) is 4.10. The number of nitrogens with two attached hydrogens (primary N) is 1. The number of rotatable bonds is 4. The first-order chi connectivity index (χ1) is 11.5. The second-order valence-corrected chi connectivity index (χ2v) is 6.84. The number of nitrogens with one attached hydrogen (secondary N) is 1. The molecular weight excluding hydrogens is 412 g/mol. The quantitative estimate of drug-likeness (QED) is 0.771. The van der Waals surface area contributed by atoms with E-state index in [1.54, 1.807) is 6.92 Å². The normalized spacial score (nSPS) is 17.4. The van der Waals surface area contributed by atoms with Gasteiger partial charge >= 0.3 is 0 Å². The van der Waals surface area contributed by atoms with Crippen LogP contribution < -0.4 is 11.1 Å². The van der Waals surface area contributed by atoms with Crippen LogP contribution in [-0.4, -0.2) is 34.8 Å². The molecule has 1 aliphatic rings. The maximum Gasteiger partial charge on any atom is 0.249 e. The Kier molecular flexibility index (Phi) is 6.56. The maximum atomic E-state index is 12.4. The van der Waals surface area contributed by atoms with Crippen LogP contribution in [0.2, 0.25) is 0 Å². The average molecular weight is 432 g/mol. The molecule has 0 radical (unpaired) electrons. The zero-order valence-corrected chi connectivity index (χ0v) is 16.1. The van der Waals surface area contributed by atoms with Crippen molar-refractivity contribution in [3.63, 3.8) is 0 Å².